The molecule has 0 radical (unpaired) electrons. The van der Waals surface area contributed by atoms with Gasteiger partial charge in [-0.2, -0.15) is 5.10 Å². The molecule has 5 heteroatoms. The predicted molar refractivity (Wildman–Crippen MR) is 82.1 cm³/mol. The number of anilines is 1. The number of hydrogen-bond donors (Lipinski definition) is 1. The molecule has 1 amide bonds. The molecule has 0 fully saturated rings. The van der Waals surface area contributed by atoms with Gasteiger partial charge >= 0.3 is 0 Å². The molecule has 1 aromatic carbocycles. The largest absolute Gasteiger partial charge is 0.322 e. The van der Waals surface area contributed by atoms with Gasteiger partial charge in [-0.25, -0.2) is 0 Å². The predicted octanol–water partition coefficient (Wildman–Crippen LogP) is 2.58. The van der Waals surface area contributed by atoms with Gasteiger partial charge in [-0.3, -0.25) is 14.3 Å². The minimum absolute atomic E-state index is 0.0704. The van der Waals surface area contributed by atoms with Crippen molar-refractivity contribution in [1.82, 2.24) is 9.78 Å². The van der Waals surface area contributed by atoms with Crippen molar-refractivity contribution in [3.05, 3.63) is 53.4 Å². The molecular weight excluding hydrogens is 266 g/mol. The van der Waals surface area contributed by atoms with Crippen LogP contribution in [-0.4, -0.2) is 21.5 Å². The minimum Gasteiger partial charge on any atom is -0.322 e. The monoisotopic (exact) mass is 283 g/mol. The standard InChI is InChI=1S/C16H17N3O2/c1-11-5-4-6-14(16(11)12(2)20)18-15(21)8-7-13-9-10-17-19(13)3/h4-10H,1-3H3,(H,18,21)/b8-7+. The Balaban J connectivity index is 2.17. The molecule has 21 heavy (non-hydrogen) atoms. The summed E-state index contributed by atoms with van der Waals surface area (Å²) in [6, 6.07) is 7.18. The fourth-order valence-corrected chi connectivity index (χ4v) is 2.12. The molecule has 0 aliphatic carbocycles. The second kappa shape index (κ2) is 6.17. The van der Waals surface area contributed by atoms with Gasteiger partial charge in [0, 0.05) is 24.9 Å². The minimum atomic E-state index is -0.288. The smallest absolute Gasteiger partial charge is 0.248 e. The number of nitrogens with one attached hydrogen (secondary N) is 1. The Morgan fingerprint density at radius 2 is 2.05 bits per heavy atom. The zero-order chi connectivity index (χ0) is 15.4. The molecule has 2 rings (SSSR count). The molecule has 0 aliphatic heterocycles. The summed E-state index contributed by atoms with van der Waals surface area (Å²) in [5.41, 5.74) is 2.74. The number of carbonyl (C=O) groups excluding carboxylic acids is 2. The van der Waals surface area contributed by atoms with E-state index < -0.39 is 0 Å². The summed E-state index contributed by atoms with van der Waals surface area (Å²) in [6.07, 6.45) is 4.75. The van der Waals surface area contributed by atoms with Crippen LogP contribution in [0.4, 0.5) is 5.69 Å². The van der Waals surface area contributed by atoms with Gasteiger partial charge in [-0.1, -0.05) is 12.1 Å². The first-order valence-corrected chi connectivity index (χ1v) is 6.56. The molecule has 0 spiro atoms. The lowest BCUT2D eigenvalue weighted by molar-refractivity contribution is -0.111. The number of amides is 1. The lowest BCUT2D eigenvalue weighted by Crippen LogP contribution is -2.12. The quantitative estimate of drug-likeness (QED) is 0.693. The van der Waals surface area contributed by atoms with E-state index in [-0.39, 0.29) is 11.7 Å². The Hall–Kier alpha value is -2.69. The van der Waals surface area contributed by atoms with Crippen LogP contribution in [0.2, 0.25) is 0 Å². The first-order chi connectivity index (χ1) is 9.99. The van der Waals surface area contributed by atoms with Crippen LogP contribution in [0.15, 0.2) is 36.5 Å². The summed E-state index contributed by atoms with van der Waals surface area (Å²) in [7, 11) is 1.80. The normalized spacial score (nSPS) is 10.8. The van der Waals surface area contributed by atoms with Gasteiger partial charge in [0.1, 0.15) is 0 Å². The van der Waals surface area contributed by atoms with Crippen molar-refractivity contribution < 1.29 is 9.59 Å². The van der Waals surface area contributed by atoms with E-state index >= 15 is 0 Å². The second-order valence-electron chi connectivity index (χ2n) is 4.76. The average Bonchev–Trinajstić information content (AvgIpc) is 2.81. The lowest BCUT2D eigenvalue weighted by Gasteiger charge is -2.10. The average molecular weight is 283 g/mol. The molecule has 1 heterocycles. The van der Waals surface area contributed by atoms with Gasteiger partial charge in [0.15, 0.2) is 5.78 Å². The van der Waals surface area contributed by atoms with Gasteiger partial charge in [-0.05, 0) is 37.6 Å². The molecule has 0 atom stereocenters. The van der Waals surface area contributed by atoms with E-state index in [4.69, 9.17) is 0 Å². The highest BCUT2D eigenvalue weighted by Gasteiger charge is 2.11. The zero-order valence-corrected chi connectivity index (χ0v) is 12.3. The maximum Gasteiger partial charge on any atom is 0.248 e. The van der Waals surface area contributed by atoms with Crippen molar-refractivity contribution >= 4 is 23.5 Å². The number of carbonyl (C=O) groups is 2. The first kappa shape index (κ1) is 14.7. The van der Waals surface area contributed by atoms with E-state index in [9.17, 15) is 9.59 Å². The van der Waals surface area contributed by atoms with Crippen LogP contribution in [0.25, 0.3) is 6.08 Å². The number of hydrogen-bond acceptors (Lipinski definition) is 3. The van der Waals surface area contributed by atoms with E-state index in [0.29, 0.717) is 11.3 Å². The van der Waals surface area contributed by atoms with Crippen LogP contribution in [0.1, 0.15) is 28.5 Å². The molecule has 0 saturated heterocycles. The van der Waals surface area contributed by atoms with Crippen LogP contribution in [-0.2, 0) is 11.8 Å². The zero-order valence-electron chi connectivity index (χ0n) is 12.3. The van der Waals surface area contributed by atoms with E-state index in [0.717, 1.165) is 11.3 Å². The number of benzene rings is 1. The van der Waals surface area contributed by atoms with Gasteiger partial charge in [0.25, 0.3) is 0 Å². The van der Waals surface area contributed by atoms with Crippen LogP contribution < -0.4 is 5.32 Å². The maximum absolute atomic E-state index is 12.0. The third kappa shape index (κ3) is 3.45. The van der Waals surface area contributed by atoms with E-state index in [1.165, 1.54) is 13.0 Å². The number of aromatic nitrogens is 2. The van der Waals surface area contributed by atoms with E-state index in [1.807, 2.05) is 19.1 Å². The molecule has 0 bridgehead atoms. The molecule has 1 aromatic heterocycles. The van der Waals surface area contributed by atoms with Gasteiger partial charge in [-0.15, -0.1) is 0 Å². The topological polar surface area (TPSA) is 64.0 Å². The Morgan fingerprint density at radius 3 is 2.67 bits per heavy atom. The fourth-order valence-electron chi connectivity index (χ4n) is 2.12. The molecule has 2 aromatic rings. The van der Waals surface area contributed by atoms with Crippen molar-refractivity contribution in [1.29, 1.82) is 0 Å². The summed E-state index contributed by atoms with van der Waals surface area (Å²) in [5, 5.41) is 6.75. The number of Topliss-reactive ketones (excluding diaryl/α,β-unsaturated/α-hetero) is 1. The van der Waals surface area contributed by atoms with Crippen molar-refractivity contribution in [3.63, 3.8) is 0 Å². The second-order valence-corrected chi connectivity index (χ2v) is 4.76. The highest BCUT2D eigenvalue weighted by molar-refractivity contribution is 6.08. The van der Waals surface area contributed by atoms with E-state index in [2.05, 4.69) is 10.4 Å². The van der Waals surface area contributed by atoms with Crippen LogP contribution in [0, 0.1) is 6.92 Å². The molecule has 1 N–H and O–H groups in total. The summed E-state index contributed by atoms with van der Waals surface area (Å²) in [6.45, 7) is 3.33. The van der Waals surface area contributed by atoms with Crippen LogP contribution >= 0.6 is 0 Å². The summed E-state index contributed by atoms with van der Waals surface area (Å²) in [5.74, 6) is -0.358. The number of nitrogens with zero attached hydrogens (tertiary/aromatic N) is 2. The van der Waals surface area contributed by atoms with Crippen molar-refractivity contribution in [2.24, 2.45) is 7.05 Å². The number of rotatable bonds is 4. The Labute approximate surface area is 123 Å². The van der Waals surface area contributed by atoms with Gasteiger partial charge in [0.05, 0.1) is 11.4 Å². The number of aryl methyl sites for hydroxylation is 2. The Kier molecular flexibility index (Phi) is 4.33. The highest BCUT2D eigenvalue weighted by atomic mass is 16.1. The molecule has 5 nitrogen and oxygen atoms in total. The number of ketones is 1. The first-order valence-electron chi connectivity index (χ1n) is 6.56. The van der Waals surface area contributed by atoms with Crippen molar-refractivity contribution in [3.8, 4) is 0 Å². The molecule has 108 valence electrons. The third-order valence-corrected chi connectivity index (χ3v) is 3.15. The third-order valence-electron chi connectivity index (χ3n) is 3.15. The fraction of sp³-hybridized carbons (Fsp3) is 0.188. The highest BCUT2D eigenvalue weighted by Crippen LogP contribution is 2.20. The van der Waals surface area contributed by atoms with Gasteiger partial charge in [0.2, 0.25) is 5.91 Å². The molecule has 0 aliphatic rings. The summed E-state index contributed by atoms with van der Waals surface area (Å²) >= 11 is 0. The van der Waals surface area contributed by atoms with Crippen LogP contribution in [0.3, 0.4) is 0 Å². The van der Waals surface area contributed by atoms with Crippen LogP contribution in [0.5, 0.6) is 0 Å². The van der Waals surface area contributed by atoms with Gasteiger partial charge < -0.3 is 5.32 Å². The molecule has 0 unspecified atom stereocenters. The van der Waals surface area contributed by atoms with Crippen molar-refractivity contribution in [2.45, 2.75) is 13.8 Å². The maximum atomic E-state index is 12.0. The molecule has 0 saturated carbocycles. The van der Waals surface area contributed by atoms with Crippen molar-refractivity contribution in [2.75, 3.05) is 5.32 Å². The SMILES string of the molecule is CC(=O)c1c(C)cccc1NC(=O)/C=C/c1ccnn1C. The Bertz CT molecular complexity index is 714. The summed E-state index contributed by atoms with van der Waals surface area (Å²) in [4.78, 5) is 23.6. The Morgan fingerprint density at radius 1 is 1.29 bits per heavy atom. The van der Waals surface area contributed by atoms with E-state index in [1.54, 1.807) is 36.1 Å². The summed E-state index contributed by atoms with van der Waals surface area (Å²) < 4.78 is 1.66. The lowest BCUT2D eigenvalue weighted by atomic mass is 10.0. The molecular formula is C16H17N3O2.